The normalized spacial score (nSPS) is 15.4. The molecule has 1 aromatic heterocycles. The number of aromatic nitrogens is 2. The van der Waals surface area contributed by atoms with E-state index in [1.807, 2.05) is 13.1 Å². The summed E-state index contributed by atoms with van der Waals surface area (Å²) in [6.07, 6.45) is 6.55. The van der Waals surface area contributed by atoms with Gasteiger partial charge in [0, 0.05) is 18.7 Å². The van der Waals surface area contributed by atoms with Gasteiger partial charge >= 0.3 is 0 Å². The van der Waals surface area contributed by atoms with Gasteiger partial charge in [-0.3, -0.25) is 0 Å². The lowest BCUT2D eigenvalue weighted by molar-refractivity contribution is 0.444. The van der Waals surface area contributed by atoms with Crippen molar-refractivity contribution in [2.45, 2.75) is 31.7 Å². The Morgan fingerprint density at radius 1 is 1.24 bits per heavy atom. The molecule has 1 fully saturated rings. The number of rotatable bonds is 7. The molecule has 5 heteroatoms. The standard InChI is InChI=1S/C12H21N5/c1-13-6-3-7-14-11-8-12(16-9-15-11)17-10-4-2-5-10/h8-10,13H,2-7H2,1H3,(H2,14,15,16,17). The zero-order chi connectivity index (χ0) is 11.9. The summed E-state index contributed by atoms with van der Waals surface area (Å²) >= 11 is 0. The Hall–Kier alpha value is -1.36. The Bertz CT molecular complexity index is 337. The van der Waals surface area contributed by atoms with Crippen LogP contribution in [0.2, 0.25) is 0 Å². The number of nitrogens with one attached hydrogen (secondary N) is 3. The van der Waals surface area contributed by atoms with Crippen LogP contribution in [-0.4, -0.2) is 36.1 Å². The van der Waals surface area contributed by atoms with Crippen molar-refractivity contribution in [2.24, 2.45) is 0 Å². The predicted molar refractivity (Wildman–Crippen MR) is 70.3 cm³/mol. The minimum atomic E-state index is 0.613. The van der Waals surface area contributed by atoms with Gasteiger partial charge in [0.05, 0.1) is 0 Å². The van der Waals surface area contributed by atoms with Gasteiger partial charge in [-0.25, -0.2) is 9.97 Å². The molecule has 5 nitrogen and oxygen atoms in total. The van der Waals surface area contributed by atoms with Crippen LogP contribution in [0.15, 0.2) is 12.4 Å². The third-order valence-corrected chi connectivity index (χ3v) is 3.03. The molecule has 17 heavy (non-hydrogen) atoms. The van der Waals surface area contributed by atoms with Crippen LogP contribution in [0, 0.1) is 0 Å². The highest BCUT2D eigenvalue weighted by atomic mass is 15.1. The van der Waals surface area contributed by atoms with Gasteiger partial charge in [0.15, 0.2) is 0 Å². The van der Waals surface area contributed by atoms with E-state index >= 15 is 0 Å². The average molecular weight is 235 g/mol. The molecular weight excluding hydrogens is 214 g/mol. The van der Waals surface area contributed by atoms with Crippen LogP contribution < -0.4 is 16.0 Å². The first-order chi connectivity index (χ1) is 8.38. The third-order valence-electron chi connectivity index (χ3n) is 3.03. The second kappa shape index (κ2) is 6.39. The molecule has 0 bridgehead atoms. The average Bonchev–Trinajstić information content (AvgIpc) is 2.30. The fraction of sp³-hybridized carbons (Fsp3) is 0.667. The van der Waals surface area contributed by atoms with Gasteiger partial charge < -0.3 is 16.0 Å². The molecule has 0 unspecified atom stereocenters. The molecular formula is C12H21N5. The van der Waals surface area contributed by atoms with Gasteiger partial charge in [-0.05, 0) is 39.3 Å². The molecule has 1 heterocycles. The first-order valence-electron chi connectivity index (χ1n) is 6.35. The number of hydrogen-bond acceptors (Lipinski definition) is 5. The van der Waals surface area contributed by atoms with Gasteiger partial charge in [0.2, 0.25) is 0 Å². The Labute approximate surface area is 102 Å². The van der Waals surface area contributed by atoms with E-state index in [9.17, 15) is 0 Å². The van der Waals surface area contributed by atoms with Crippen molar-refractivity contribution in [1.29, 1.82) is 0 Å². The lowest BCUT2D eigenvalue weighted by atomic mass is 9.93. The summed E-state index contributed by atoms with van der Waals surface area (Å²) in [7, 11) is 1.96. The minimum Gasteiger partial charge on any atom is -0.370 e. The van der Waals surface area contributed by atoms with Crippen molar-refractivity contribution in [3.05, 3.63) is 12.4 Å². The van der Waals surface area contributed by atoms with Crippen LogP contribution >= 0.6 is 0 Å². The minimum absolute atomic E-state index is 0.613. The van der Waals surface area contributed by atoms with Crippen LogP contribution in [-0.2, 0) is 0 Å². The van der Waals surface area contributed by atoms with E-state index in [0.29, 0.717) is 6.04 Å². The molecule has 94 valence electrons. The van der Waals surface area contributed by atoms with Crippen molar-refractivity contribution in [1.82, 2.24) is 15.3 Å². The highest BCUT2D eigenvalue weighted by Crippen LogP contribution is 2.22. The summed E-state index contributed by atoms with van der Waals surface area (Å²) in [5.41, 5.74) is 0. The maximum Gasteiger partial charge on any atom is 0.131 e. The second-order valence-corrected chi connectivity index (χ2v) is 4.44. The molecule has 2 rings (SSSR count). The molecule has 1 aliphatic carbocycles. The number of hydrogen-bond donors (Lipinski definition) is 3. The summed E-state index contributed by atoms with van der Waals surface area (Å²) < 4.78 is 0. The molecule has 0 amide bonds. The highest BCUT2D eigenvalue weighted by molar-refractivity contribution is 5.47. The molecule has 1 saturated carbocycles. The number of nitrogens with zero attached hydrogens (tertiary/aromatic N) is 2. The van der Waals surface area contributed by atoms with Gasteiger partial charge in [0.1, 0.15) is 18.0 Å². The highest BCUT2D eigenvalue weighted by Gasteiger charge is 2.17. The second-order valence-electron chi connectivity index (χ2n) is 4.44. The van der Waals surface area contributed by atoms with E-state index in [1.165, 1.54) is 19.3 Å². The Morgan fingerprint density at radius 2 is 2.06 bits per heavy atom. The van der Waals surface area contributed by atoms with E-state index in [0.717, 1.165) is 31.1 Å². The van der Waals surface area contributed by atoms with Crippen LogP contribution in [0.5, 0.6) is 0 Å². The third kappa shape index (κ3) is 3.85. The monoisotopic (exact) mass is 235 g/mol. The Kier molecular flexibility index (Phi) is 4.55. The first-order valence-corrected chi connectivity index (χ1v) is 6.35. The SMILES string of the molecule is CNCCCNc1cc(NC2CCC2)ncn1. The van der Waals surface area contributed by atoms with Crippen LogP contribution in [0.4, 0.5) is 11.6 Å². The molecule has 0 aliphatic heterocycles. The number of anilines is 2. The maximum absolute atomic E-state index is 4.23. The van der Waals surface area contributed by atoms with E-state index in [4.69, 9.17) is 0 Å². The topological polar surface area (TPSA) is 61.9 Å². The fourth-order valence-electron chi connectivity index (χ4n) is 1.78. The zero-order valence-electron chi connectivity index (χ0n) is 10.4. The van der Waals surface area contributed by atoms with Gasteiger partial charge in [-0.2, -0.15) is 0 Å². The van der Waals surface area contributed by atoms with Crippen molar-refractivity contribution in [2.75, 3.05) is 30.8 Å². The van der Waals surface area contributed by atoms with Crippen molar-refractivity contribution < 1.29 is 0 Å². The van der Waals surface area contributed by atoms with Crippen molar-refractivity contribution >= 4 is 11.6 Å². The molecule has 0 saturated heterocycles. The summed E-state index contributed by atoms with van der Waals surface area (Å²) in [5.74, 6) is 1.83. The van der Waals surface area contributed by atoms with Gasteiger partial charge in [-0.1, -0.05) is 0 Å². The molecule has 1 aromatic rings. The molecule has 1 aliphatic rings. The largest absolute Gasteiger partial charge is 0.370 e. The Morgan fingerprint density at radius 3 is 2.76 bits per heavy atom. The zero-order valence-corrected chi connectivity index (χ0v) is 10.4. The smallest absolute Gasteiger partial charge is 0.131 e. The lowest BCUT2D eigenvalue weighted by Gasteiger charge is -2.26. The molecule has 0 radical (unpaired) electrons. The van der Waals surface area contributed by atoms with E-state index in [1.54, 1.807) is 6.33 Å². The van der Waals surface area contributed by atoms with E-state index in [2.05, 4.69) is 25.9 Å². The molecule has 0 aromatic carbocycles. The predicted octanol–water partition coefficient (Wildman–Crippen LogP) is 1.46. The Balaban J connectivity index is 1.78. The first kappa shape index (κ1) is 12.1. The van der Waals surface area contributed by atoms with Gasteiger partial charge in [-0.15, -0.1) is 0 Å². The fourth-order valence-corrected chi connectivity index (χ4v) is 1.78. The van der Waals surface area contributed by atoms with E-state index < -0.39 is 0 Å². The lowest BCUT2D eigenvalue weighted by Crippen LogP contribution is -2.27. The molecule has 0 atom stereocenters. The van der Waals surface area contributed by atoms with Crippen LogP contribution in [0.25, 0.3) is 0 Å². The summed E-state index contributed by atoms with van der Waals surface area (Å²) in [6.45, 7) is 1.95. The quantitative estimate of drug-likeness (QED) is 0.625. The summed E-state index contributed by atoms with van der Waals surface area (Å²) in [4.78, 5) is 8.44. The molecule has 3 N–H and O–H groups in total. The van der Waals surface area contributed by atoms with Crippen LogP contribution in [0.1, 0.15) is 25.7 Å². The maximum atomic E-state index is 4.23. The van der Waals surface area contributed by atoms with Gasteiger partial charge in [0.25, 0.3) is 0 Å². The van der Waals surface area contributed by atoms with Crippen molar-refractivity contribution in [3.8, 4) is 0 Å². The summed E-state index contributed by atoms with van der Waals surface area (Å²) in [6, 6.07) is 2.60. The van der Waals surface area contributed by atoms with Crippen molar-refractivity contribution in [3.63, 3.8) is 0 Å². The summed E-state index contributed by atoms with van der Waals surface area (Å²) in [5, 5.41) is 9.84. The van der Waals surface area contributed by atoms with Crippen LogP contribution in [0.3, 0.4) is 0 Å². The molecule has 0 spiro atoms. The van der Waals surface area contributed by atoms with E-state index in [-0.39, 0.29) is 0 Å².